The molecule has 1 amide bonds. The quantitative estimate of drug-likeness (QED) is 0.486. The third-order valence-electron chi connectivity index (χ3n) is 3.86. The van der Waals surface area contributed by atoms with Crippen molar-refractivity contribution in [3.8, 4) is 0 Å². The summed E-state index contributed by atoms with van der Waals surface area (Å²) in [5.74, 6) is -0.571. The Balaban J connectivity index is 2.83. The molecule has 0 spiro atoms. The number of carbonyl (C=O) groups is 1. The Kier molecular flexibility index (Phi) is 5.98. The van der Waals surface area contributed by atoms with E-state index in [0.29, 0.717) is 12.1 Å². The number of benzene rings is 1. The molecule has 0 aromatic heterocycles. The molecule has 0 radical (unpaired) electrons. The number of aliphatic hydroxyl groups excluding tert-OH is 1. The second-order valence-electron chi connectivity index (χ2n) is 5.77. The Labute approximate surface area is 164 Å². The summed E-state index contributed by atoms with van der Waals surface area (Å²) in [6, 6.07) is 0.930. The van der Waals surface area contributed by atoms with Crippen molar-refractivity contribution in [1.82, 2.24) is 5.32 Å². The van der Waals surface area contributed by atoms with Crippen LogP contribution in [0.2, 0.25) is 10.0 Å². The van der Waals surface area contributed by atoms with Crippen LogP contribution in [0.15, 0.2) is 36.1 Å². The van der Waals surface area contributed by atoms with Gasteiger partial charge in [0.1, 0.15) is 0 Å². The average molecular weight is 490 g/mol. The Morgan fingerprint density at radius 1 is 1.26 bits per heavy atom. The van der Waals surface area contributed by atoms with E-state index in [1.807, 2.05) is 0 Å². The van der Waals surface area contributed by atoms with Crippen LogP contribution >= 0.6 is 23.2 Å². The molecule has 12 heteroatoms. The molecule has 148 valence electrons. The van der Waals surface area contributed by atoms with Crippen LogP contribution in [0.3, 0.4) is 0 Å². The molecule has 1 aromatic rings. The van der Waals surface area contributed by atoms with Crippen molar-refractivity contribution in [2.45, 2.75) is 23.4 Å². The van der Waals surface area contributed by atoms with Gasteiger partial charge in [-0.25, -0.2) is 0 Å². The molecule has 0 saturated heterocycles. The maximum absolute atomic E-state index is 12.9. The second kappa shape index (κ2) is 7.31. The van der Waals surface area contributed by atoms with Crippen molar-refractivity contribution >= 4 is 43.3 Å². The van der Waals surface area contributed by atoms with Gasteiger partial charge in [-0.2, -0.15) is 0 Å². The first-order valence-corrected chi connectivity index (χ1v) is 11.3. The number of hydrogen-bond donors (Lipinski definition) is 4. The van der Waals surface area contributed by atoms with Crippen molar-refractivity contribution in [3.05, 3.63) is 57.2 Å². The second-order valence-corrected chi connectivity index (χ2v) is 10.4. The zero-order chi connectivity index (χ0) is 20.8. The normalized spacial score (nSPS) is 23.1. The molecule has 2 unspecified atom stereocenters. The molecule has 1 aromatic carbocycles. The van der Waals surface area contributed by atoms with Crippen LogP contribution in [0.1, 0.15) is 18.1 Å². The minimum absolute atomic E-state index is 0.0791. The SMILES string of the molecule is CC(=O)NC1=CC(c2c(Cl)cc(C(F)(F)F)cc2Cl)([As](=O)(O)O)C(O)C=C1. The summed E-state index contributed by atoms with van der Waals surface area (Å²) in [5.41, 5.74) is -1.86. The van der Waals surface area contributed by atoms with E-state index in [0.717, 1.165) is 19.1 Å². The first-order valence-electron chi connectivity index (χ1n) is 7.19. The molecule has 0 fully saturated rings. The van der Waals surface area contributed by atoms with Crippen LogP contribution < -0.4 is 5.32 Å². The number of alkyl halides is 3. The predicted molar refractivity (Wildman–Crippen MR) is 91.1 cm³/mol. The average Bonchev–Trinajstić information content (AvgIpc) is 2.46. The van der Waals surface area contributed by atoms with Gasteiger partial charge < -0.3 is 0 Å². The first-order chi connectivity index (χ1) is 12.2. The summed E-state index contributed by atoms with van der Waals surface area (Å²) in [6.07, 6.45) is -3.62. The summed E-state index contributed by atoms with van der Waals surface area (Å²) in [4.78, 5) is 11.3. The van der Waals surface area contributed by atoms with E-state index in [4.69, 9.17) is 23.2 Å². The summed E-state index contributed by atoms with van der Waals surface area (Å²) >= 11 is 5.78. The molecule has 0 bridgehead atoms. The predicted octanol–water partition coefficient (Wildman–Crippen LogP) is 2.09. The van der Waals surface area contributed by atoms with Gasteiger partial charge in [0.25, 0.3) is 0 Å². The molecule has 2 atom stereocenters. The fourth-order valence-electron chi connectivity index (χ4n) is 2.73. The molecule has 0 aliphatic heterocycles. The Morgan fingerprint density at radius 3 is 2.19 bits per heavy atom. The van der Waals surface area contributed by atoms with Gasteiger partial charge in [0.05, 0.1) is 0 Å². The van der Waals surface area contributed by atoms with E-state index in [2.05, 4.69) is 5.32 Å². The third kappa shape index (κ3) is 4.13. The van der Waals surface area contributed by atoms with Crippen LogP contribution in [0.4, 0.5) is 13.2 Å². The molecule has 0 saturated carbocycles. The number of rotatable bonds is 3. The molecule has 1 aliphatic carbocycles. The third-order valence-corrected chi connectivity index (χ3v) is 7.77. The van der Waals surface area contributed by atoms with Gasteiger partial charge in [-0.15, -0.1) is 0 Å². The van der Waals surface area contributed by atoms with Crippen LogP contribution in [0.25, 0.3) is 0 Å². The van der Waals surface area contributed by atoms with Gasteiger partial charge in [-0.05, 0) is 0 Å². The molecule has 27 heavy (non-hydrogen) atoms. The monoisotopic (exact) mass is 489 g/mol. The van der Waals surface area contributed by atoms with Crippen molar-refractivity contribution in [2.24, 2.45) is 0 Å². The van der Waals surface area contributed by atoms with Gasteiger partial charge in [0, 0.05) is 0 Å². The fourth-order valence-corrected chi connectivity index (χ4v) is 6.49. The first kappa shape index (κ1) is 22.1. The maximum atomic E-state index is 12.9. The molecular formula is C15H13AsCl2F3NO5. The zero-order valence-corrected chi connectivity index (χ0v) is 16.8. The van der Waals surface area contributed by atoms with Crippen molar-refractivity contribution in [3.63, 3.8) is 0 Å². The van der Waals surface area contributed by atoms with Crippen LogP contribution in [0.5, 0.6) is 0 Å². The van der Waals surface area contributed by atoms with Crippen LogP contribution in [-0.4, -0.2) is 39.5 Å². The standard InChI is InChI=1S/C15H13AsCl2F3NO5/c1-7(23)22-9-2-3-12(24)14(6-9,16(25,26)27)13-10(17)4-8(5-11(13)18)15(19,20)21/h2-6,12,24H,1H3,(H,22,23)(H2,25,26,27). The zero-order valence-electron chi connectivity index (χ0n) is 13.5. The molecular weight excluding hydrogens is 477 g/mol. The topological polar surface area (TPSA) is 107 Å². The van der Waals surface area contributed by atoms with Crippen molar-refractivity contribution in [1.29, 1.82) is 0 Å². The van der Waals surface area contributed by atoms with E-state index >= 15 is 0 Å². The van der Waals surface area contributed by atoms with Gasteiger partial charge in [0.2, 0.25) is 0 Å². The van der Waals surface area contributed by atoms with Gasteiger partial charge in [-0.1, -0.05) is 0 Å². The van der Waals surface area contributed by atoms with E-state index in [1.165, 1.54) is 6.08 Å². The van der Waals surface area contributed by atoms with E-state index < -0.39 is 57.7 Å². The number of nitrogens with one attached hydrogen (secondary N) is 1. The fraction of sp³-hybridized carbons (Fsp3) is 0.267. The van der Waals surface area contributed by atoms with Crippen LogP contribution in [0, 0.1) is 0 Å². The number of halogens is 5. The summed E-state index contributed by atoms with van der Waals surface area (Å²) in [5, 5.41) is 11.3. The molecule has 6 nitrogen and oxygen atoms in total. The van der Waals surface area contributed by atoms with Gasteiger partial charge in [-0.3, -0.25) is 0 Å². The molecule has 0 heterocycles. The Bertz CT molecular complexity index is 873. The molecule has 4 N–H and O–H groups in total. The van der Waals surface area contributed by atoms with E-state index in [9.17, 15) is 35.0 Å². The van der Waals surface area contributed by atoms with Crippen LogP contribution in [-0.2, 0) is 18.9 Å². The molecule has 1 aliphatic rings. The van der Waals surface area contributed by atoms with Gasteiger partial charge in [0.15, 0.2) is 0 Å². The Hall–Kier alpha value is -1.22. The number of carbonyl (C=O) groups excluding carboxylic acids is 1. The van der Waals surface area contributed by atoms with Crippen molar-refractivity contribution in [2.75, 3.05) is 0 Å². The van der Waals surface area contributed by atoms with Crippen molar-refractivity contribution < 1.29 is 35.0 Å². The number of aliphatic hydroxyl groups is 1. The summed E-state index contributed by atoms with van der Waals surface area (Å²) in [6.45, 7) is 1.14. The Morgan fingerprint density at radius 2 is 1.78 bits per heavy atom. The number of allylic oxidation sites excluding steroid dienone is 1. The molecule has 2 rings (SSSR count). The van der Waals surface area contributed by atoms with E-state index in [1.54, 1.807) is 0 Å². The summed E-state index contributed by atoms with van der Waals surface area (Å²) in [7, 11) is 0. The van der Waals surface area contributed by atoms with Gasteiger partial charge >= 0.3 is 164 Å². The summed E-state index contributed by atoms with van der Waals surface area (Å²) < 4.78 is 68.8. The number of amides is 1. The minimum atomic E-state index is -6.06. The number of hydrogen-bond acceptors (Lipinski definition) is 3. The van der Waals surface area contributed by atoms with E-state index in [-0.39, 0.29) is 5.70 Å².